The minimum atomic E-state index is 1.03. The first-order valence-electron chi connectivity index (χ1n) is 4.16. The van der Waals surface area contributed by atoms with Crippen LogP contribution in [-0.4, -0.2) is 12.0 Å². The van der Waals surface area contributed by atoms with Crippen LogP contribution in [0.3, 0.4) is 0 Å². The zero-order valence-corrected chi connectivity index (χ0v) is 7.54. The molecule has 0 aliphatic rings. The van der Waals surface area contributed by atoms with Crippen molar-refractivity contribution in [1.29, 1.82) is 0 Å². The summed E-state index contributed by atoms with van der Waals surface area (Å²) < 4.78 is 0. The van der Waals surface area contributed by atoms with E-state index in [1.807, 2.05) is 25.4 Å². The summed E-state index contributed by atoms with van der Waals surface area (Å²) in [6.07, 6.45) is 6.82. The lowest BCUT2D eigenvalue weighted by Gasteiger charge is -2.04. The maximum Gasteiger partial charge on any atom is 0.0386 e. The van der Waals surface area contributed by atoms with Crippen LogP contribution in [0.15, 0.2) is 30.6 Å². The van der Waals surface area contributed by atoms with E-state index in [2.05, 4.69) is 23.3 Å². The van der Waals surface area contributed by atoms with E-state index in [1.54, 1.807) is 6.20 Å². The SMILES string of the molecule is CC/C=C(/NC)c1cccnc1. The molecular formula is C10H14N2. The third-order valence-electron chi connectivity index (χ3n) is 1.65. The first kappa shape index (κ1) is 8.78. The van der Waals surface area contributed by atoms with Crippen LogP contribution in [0, 0.1) is 0 Å². The molecule has 0 aliphatic carbocycles. The Hall–Kier alpha value is -1.31. The third kappa shape index (κ3) is 2.09. The summed E-state index contributed by atoms with van der Waals surface area (Å²) in [4.78, 5) is 4.05. The average molecular weight is 162 g/mol. The van der Waals surface area contributed by atoms with E-state index in [-0.39, 0.29) is 0 Å². The van der Waals surface area contributed by atoms with Crippen molar-refractivity contribution >= 4 is 5.70 Å². The Kier molecular flexibility index (Phi) is 3.33. The highest BCUT2D eigenvalue weighted by Gasteiger charge is 1.95. The summed E-state index contributed by atoms with van der Waals surface area (Å²) in [7, 11) is 1.93. The molecule has 2 nitrogen and oxygen atoms in total. The van der Waals surface area contributed by atoms with E-state index in [9.17, 15) is 0 Å². The van der Waals surface area contributed by atoms with Gasteiger partial charge in [-0.2, -0.15) is 0 Å². The number of aromatic nitrogens is 1. The molecule has 0 aliphatic heterocycles. The van der Waals surface area contributed by atoms with Gasteiger partial charge in [0.15, 0.2) is 0 Å². The van der Waals surface area contributed by atoms with E-state index >= 15 is 0 Å². The van der Waals surface area contributed by atoms with Gasteiger partial charge in [0, 0.05) is 30.7 Å². The van der Waals surface area contributed by atoms with Crippen LogP contribution in [0.1, 0.15) is 18.9 Å². The second kappa shape index (κ2) is 4.54. The van der Waals surface area contributed by atoms with Gasteiger partial charge in [-0.25, -0.2) is 0 Å². The lowest BCUT2D eigenvalue weighted by atomic mass is 10.2. The van der Waals surface area contributed by atoms with Crippen molar-refractivity contribution < 1.29 is 0 Å². The van der Waals surface area contributed by atoms with Gasteiger partial charge in [-0.05, 0) is 18.6 Å². The molecule has 0 unspecified atom stereocenters. The number of hydrogen-bond donors (Lipinski definition) is 1. The predicted octanol–water partition coefficient (Wildman–Crippen LogP) is 2.05. The molecule has 1 aromatic heterocycles. The number of pyridine rings is 1. The van der Waals surface area contributed by atoms with Crippen molar-refractivity contribution in [3.63, 3.8) is 0 Å². The molecule has 0 radical (unpaired) electrons. The predicted molar refractivity (Wildman–Crippen MR) is 51.6 cm³/mol. The quantitative estimate of drug-likeness (QED) is 0.735. The van der Waals surface area contributed by atoms with Crippen LogP contribution < -0.4 is 5.32 Å². The van der Waals surface area contributed by atoms with Gasteiger partial charge in [0.25, 0.3) is 0 Å². The minimum Gasteiger partial charge on any atom is -0.388 e. The minimum absolute atomic E-state index is 1.03. The highest BCUT2D eigenvalue weighted by Crippen LogP contribution is 2.08. The van der Waals surface area contributed by atoms with Crippen molar-refractivity contribution in [3.05, 3.63) is 36.2 Å². The van der Waals surface area contributed by atoms with Gasteiger partial charge >= 0.3 is 0 Å². The molecule has 1 aromatic rings. The molecular weight excluding hydrogens is 148 g/mol. The summed E-state index contributed by atoms with van der Waals surface area (Å²) in [6.45, 7) is 2.12. The van der Waals surface area contributed by atoms with Gasteiger partial charge in [0.05, 0.1) is 0 Å². The number of hydrogen-bond acceptors (Lipinski definition) is 2. The molecule has 0 fully saturated rings. The molecule has 1 rings (SSSR count). The molecule has 1 N–H and O–H groups in total. The Morgan fingerprint density at radius 3 is 3.00 bits per heavy atom. The molecule has 1 heterocycles. The Morgan fingerprint density at radius 1 is 1.67 bits per heavy atom. The summed E-state index contributed by atoms with van der Waals surface area (Å²) in [5, 5.41) is 3.14. The van der Waals surface area contributed by atoms with E-state index in [1.165, 1.54) is 0 Å². The summed E-state index contributed by atoms with van der Waals surface area (Å²) in [5.41, 5.74) is 2.28. The second-order valence-corrected chi connectivity index (χ2v) is 2.52. The molecule has 0 amide bonds. The number of rotatable bonds is 3. The van der Waals surface area contributed by atoms with Gasteiger partial charge in [-0.15, -0.1) is 0 Å². The molecule has 64 valence electrons. The third-order valence-corrected chi connectivity index (χ3v) is 1.65. The summed E-state index contributed by atoms with van der Waals surface area (Å²) in [5.74, 6) is 0. The maximum absolute atomic E-state index is 4.05. The van der Waals surface area contributed by atoms with Gasteiger partial charge in [-0.3, -0.25) is 4.98 Å². The Labute approximate surface area is 73.3 Å². The monoisotopic (exact) mass is 162 g/mol. The Bertz CT molecular complexity index is 252. The molecule has 2 heteroatoms. The molecule has 0 spiro atoms. The second-order valence-electron chi connectivity index (χ2n) is 2.52. The van der Waals surface area contributed by atoms with Crippen molar-refractivity contribution in [3.8, 4) is 0 Å². The zero-order chi connectivity index (χ0) is 8.81. The maximum atomic E-state index is 4.05. The van der Waals surface area contributed by atoms with Crippen LogP contribution in [0.4, 0.5) is 0 Å². The first-order chi connectivity index (χ1) is 5.88. The Balaban J connectivity index is 2.88. The topological polar surface area (TPSA) is 24.9 Å². The molecule has 0 aromatic carbocycles. The molecule has 12 heavy (non-hydrogen) atoms. The average Bonchev–Trinajstić information content (AvgIpc) is 2.15. The van der Waals surface area contributed by atoms with Crippen LogP contribution in [0.5, 0.6) is 0 Å². The van der Waals surface area contributed by atoms with Crippen molar-refractivity contribution in [2.45, 2.75) is 13.3 Å². The van der Waals surface area contributed by atoms with E-state index < -0.39 is 0 Å². The van der Waals surface area contributed by atoms with Crippen LogP contribution >= 0.6 is 0 Å². The van der Waals surface area contributed by atoms with Crippen LogP contribution in [0.25, 0.3) is 5.70 Å². The zero-order valence-electron chi connectivity index (χ0n) is 7.54. The smallest absolute Gasteiger partial charge is 0.0386 e. The largest absolute Gasteiger partial charge is 0.388 e. The van der Waals surface area contributed by atoms with E-state index in [0.29, 0.717) is 0 Å². The van der Waals surface area contributed by atoms with Crippen LogP contribution in [0.2, 0.25) is 0 Å². The van der Waals surface area contributed by atoms with Crippen LogP contribution in [-0.2, 0) is 0 Å². The van der Waals surface area contributed by atoms with Gasteiger partial charge in [0.2, 0.25) is 0 Å². The normalized spacial score (nSPS) is 11.3. The van der Waals surface area contributed by atoms with E-state index in [0.717, 1.165) is 17.7 Å². The highest BCUT2D eigenvalue weighted by atomic mass is 14.8. The lowest BCUT2D eigenvalue weighted by Crippen LogP contribution is -2.04. The molecule has 0 saturated heterocycles. The number of nitrogens with one attached hydrogen (secondary N) is 1. The molecule has 0 atom stereocenters. The fourth-order valence-electron chi connectivity index (χ4n) is 1.09. The number of nitrogens with zero attached hydrogens (tertiary/aromatic N) is 1. The standard InChI is InChI=1S/C10H14N2/c1-3-5-10(11-2)9-6-4-7-12-8-9/h4-8,11H,3H2,1-2H3/b10-5+. The van der Waals surface area contributed by atoms with Gasteiger partial charge < -0.3 is 5.32 Å². The van der Waals surface area contributed by atoms with Crippen molar-refractivity contribution in [1.82, 2.24) is 10.3 Å². The Morgan fingerprint density at radius 2 is 2.50 bits per heavy atom. The van der Waals surface area contributed by atoms with Gasteiger partial charge in [0.1, 0.15) is 0 Å². The fourth-order valence-corrected chi connectivity index (χ4v) is 1.09. The first-order valence-corrected chi connectivity index (χ1v) is 4.16. The number of allylic oxidation sites excluding steroid dienone is 1. The molecule has 0 bridgehead atoms. The van der Waals surface area contributed by atoms with E-state index in [4.69, 9.17) is 0 Å². The summed E-state index contributed by atoms with van der Waals surface area (Å²) in [6, 6.07) is 3.99. The van der Waals surface area contributed by atoms with Crippen molar-refractivity contribution in [2.24, 2.45) is 0 Å². The molecule has 0 saturated carbocycles. The lowest BCUT2D eigenvalue weighted by molar-refractivity contribution is 1.09. The fraction of sp³-hybridized carbons (Fsp3) is 0.300. The highest BCUT2D eigenvalue weighted by molar-refractivity contribution is 5.62. The summed E-state index contributed by atoms with van der Waals surface area (Å²) >= 11 is 0. The van der Waals surface area contributed by atoms with Crippen molar-refractivity contribution in [2.75, 3.05) is 7.05 Å². The van der Waals surface area contributed by atoms with Gasteiger partial charge in [-0.1, -0.05) is 13.0 Å².